The van der Waals surface area contributed by atoms with Gasteiger partial charge in [0, 0.05) is 23.7 Å². The Hall–Kier alpha value is -2.31. The van der Waals surface area contributed by atoms with E-state index in [1.165, 1.54) is 11.8 Å². The van der Waals surface area contributed by atoms with Crippen LogP contribution in [0.3, 0.4) is 0 Å². The number of halogens is 1. The largest absolute Gasteiger partial charge is 0.351 e. The number of nitrogens with zero attached hydrogens (tertiary/aromatic N) is 3. The fourth-order valence-electron chi connectivity index (χ4n) is 2.86. The second-order valence-electron chi connectivity index (χ2n) is 6.43. The van der Waals surface area contributed by atoms with Crippen LogP contribution in [0.5, 0.6) is 0 Å². The molecule has 3 aromatic rings. The van der Waals surface area contributed by atoms with Gasteiger partial charge in [0.1, 0.15) is 0 Å². The van der Waals surface area contributed by atoms with Crippen LogP contribution in [0.15, 0.2) is 53.7 Å². The zero-order valence-electron chi connectivity index (χ0n) is 16.1. The highest BCUT2D eigenvalue weighted by atomic mass is 35.5. The third-order valence-corrected chi connectivity index (χ3v) is 5.93. The first kappa shape index (κ1) is 20.4. The summed E-state index contributed by atoms with van der Waals surface area (Å²) in [6.07, 6.45) is 0. The number of nitrogens with one attached hydrogen (secondary N) is 1. The van der Waals surface area contributed by atoms with Crippen LogP contribution in [-0.4, -0.2) is 25.9 Å². The van der Waals surface area contributed by atoms with Crippen molar-refractivity contribution in [1.82, 2.24) is 20.1 Å². The maximum atomic E-state index is 12.5. The molecule has 0 spiro atoms. The minimum Gasteiger partial charge on any atom is -0.351 e. The van der Waals surface area contributed by atoms with Crippen LogP contribution < -0.4 is 5.32 Å². The van der Waals surface area contributed by atoms with Crippen LogP contribution in [0.4, 0.5) is 0 Å². The van der Waals surface area contributed by atoms with Crippen LogP contribution in [0.2, 0.25) is 5.02 Å². The van der Waals surface area contributed by atoms with Gasteiger partial charge in [-0.25, -0.2) is 0 Å². The van der Waals surface area contributed by atoms with Crippen molar-refractivity contribution in [3.05, 3.63) is 64.7 Å². The number of carbonyl (C=O) groups is 1. The van der Waals surface area contributed by atoms with Crippen molar-refractivity contribution < 1.29 is 4.79 Å². The van der Waals surface area contributed by atoms with E-state index in [2.05, 4.69) is 35.4 Å². The van der Waals surface area contributed by atoms with Crippen molar-refractivity contribution in [2.24, 2.45) is 0 Å². The number of thioether (sulfide) groups is 1. The Labute approximate surface area is 174 Å². The van der Waals surface area contributed by atoms with E-state index in [-0.39, 0.29) is 11.2 Å². The van der Waals surface area contributed by atoms with Gasteiger partial charge >= 0.3 is 0 Å². The minimum absolute atomic E-state index is 0.0620. The van der Waals surface area contributed by atoms with Gasteiger partial charge in [-0.2, -0.15) is 0 Å². The second-order valence-corrected chi connectivity index (χ2v) is 8.15. The van der Waals surface area contributed by atoms with Crippen LogP contribution >= 0.6 is 23.4 Å². The normalized spacial score (nSPS) is 12.0. The Morgan fingerprint density at radius 3 is 2.61 bits per heavy atom. The molecule has 1 unspecified atom stereocenters. The van der Waals surface area contributed by atoms with Crippen molar-refractivity contribution in [3.63, 3.8) is 0 Å². The zero-order valence-corrected chi connectivity index (χ0v) is 17.7. The van der Waals surface area contributed by atoms with Gasteiger partial charge in [-0.05, 0) is 38.0 Å². The molecule has 0 radical (unpaired) electrons. The second kappa shape index (κ2) is 9.26. The van der Waals surface area contributed by atoms with E-state index in [4.69, 9.17) is 11.6 Å². The predicted molar refractivity (Wildman–Crippen MR) is 114 cm³/mol. The summed E-state index contributed by atoms with van der Waals surface area (Å²) in [5, 5.41) is 12.7. The molecule has 1 atom stereocenters. The van der Waals surface area contributed by atoms with Crippen LogP contribution in [0, 0.1) is 6.92 Å². The monoisotopic (exact) mass is 414 g/mol. The number of carbonyl (C=O) groups excluding carboxylic acids is 1. The molecule has 1 heterocycles. The van der Waals surface area contributed by atoms with Crippen LogP contribution in [0.1, 0.15) is 25.0 Å². The lowest BCUT2D eigenvalue weighted by Gasteiger charge is -2.13. The quantitative estimate of drug-likeness (QED) is 0.568. The number of aryl methyl sites for hydroxylation is 1. The molecule has 1 amide bonds. The topological polar surface area (TPSA) is 59.8 Å². The van der Waals surface area contributed by atoms with E-state index in [9.17, 15) is 4.79 Å². The van der Waals surface area contributed by atoms with Crippen LogP contribution in [0.25, 0.3) is 11.4 Å². The lowest BCUT2D eigenvalue weighted by Crippen LogP contribution is -2.30. The summed E-state index contributed by atoms with van der Waals surface area (Å²) in [4.78, 5) is 12.5. The van der Waals surface area contributed by atoms with Gasteiger partial charge in [-0.1, -0.05) is 65.8 Å². The number of aromatic nitrogens is 3. The number of hydrogen-bond acceptors (Lipinski definition) is 4. The first-order chi connectivity index (χ1) is 13.5. The summed E-state index contributed by atoms with van der Waals surface area (Å²) in [7, 11) is 0. The highest BCUT2D eigenvalue weighted by Gasteiger charge is 2.20. The molecule has 5 nitrogen and oxygen atoms in total. The van der Waals surface area contributed by atoms with Crippen molar-refractivity contribution in [2.75, 3.05) is 0 Å². The lowest BCUT2D eigenvalue weighted by atomic mass is 10.1. The van der Waals surface area contributed by atoms with Gasteiger partial charge in [-0.15, -0.1) is 10.2 Å². The summed E-state index contributed by atoms with van der Waals surface area (Å²) in [6.45, 7) is 7.11. The first-order valence-electron chi connectivity index (χ1n) is 9.18. The highest BCUT2D eigenvalue weighted by molar-refractivity contribution is 8.00. The van der Waals surface area contributed by atoms with E-state index in [0.717, 1.165) is 34.2 Å². The number of amides is 1. The van der Waals surface area contributed by atoms with Gasteiger partial charge in [0.25, 0.3) is 0 Å². The first-order valence-corrected chi connectivity index (χ1v) is 10.4. The highest BCUT2D eigenvalue weighted by Crippen LogP contribution is 2.28. The van der Waals surface area contributed by atoms with Crippen molar-refractivity contribution in [3.8, 4) is 11.4 Å². The maximum absolute atomic E-state index is 12.5. The third kappa shape index (κ3) is 4.56. The molecule has 0 fully saturated rings. The summed E-state index contributed by atoms with van der Waals surface area (Å²) in [5.74, 6) is 0.764. The van der Waals surface area contributed by atoms with E-state index >= 15 is 0 Å². The van der Waals surface area contributed by atoms with E-state index in [0.29, 0.717) is 11.6 Å². The van der Waals surface area contributed by atoms with Crippen molar-refractivity contribution >= 4 is 29.3 Å². The number of rotatable bonds is 7. The Kier molecular flexibility index (Phi) is 6.75. The summed E-state index contributed by atoms with van der Waals surface area (Å²) in [5.41, 5.74) is 3.10. The summed E-state index contributed by atoms with van der Waals surface area (Å²) in [6, 6.07) is 15.6. The van der Waals surface area contributed by atoms with Gasteiger partial charge in [0.15, 0.2) is 11.0 Å². The predicted octanol–water partition coefficient (Wildman–Crippen LogP) is 4.72. The fourth-order valence-corrected chi connectivity index (χ4v) is 4.00. The molecule has 146 valence electrons. The Morgan fingerprint density at radius 2 is 1.89 bits per heavy atom. The molecule has 0 aliphatic heterocycles. The van der Waals surface area contributed by atoms with E-state index < -0.39 is 0 Å². The molecule has 1 aromatic heterocycles. The van der Waals surface area contributed by atoms with E-state index in [1.54, 1.807) is 0 Å². The molecule has 0 saturated carbocycles. The number of benzene rings is 2. The Bertz CT molecular complexity index is 973. The zero-order chi connectivity index (χ0) is 20.1. The molecule has 0 aliphatic carbocycles. The number of hydrogen-bond donors (Lipinski definition) is 1. The summed E-state index contributed by atoms with van der Waals surface area (Å²) >= 11 is 7.56. The molecular formula is C21H23ClN4OS. The maximum Gasteiger partial charge on any atom is 0.233 e. The molecule has 1 N–H and O–H groups in total. The Morgan fingerprint density at radius 1 is 1.18 bits per heavy atom. The Balaban J connectivity index is 1.70. The summed E-state index contributed by atoms with van der Waals surface area (Å²) < 4.78 is 2.05. The van der Waals surface area contributed by atoms with Crippen molar-refractivity contribution in [2.45, 2.75) is 44.3 Å². The smallest absolute Gasteiger partial charge is 0.233 e. The molecule has 2 aromatic carbocycles. The molecule has 0 bridgehead atoms. The standard InChI is InChI=1S/C21H23ClN4OS/c1-4-26-19(17-11-7-5-9-14(17)2)24-25-21(26)28-15(3)20(27)23-13-16-10-6-8-12-18(16)22/h5-12,15H,4,13H2,1-3H3,(H,23,27). The molecular weight excluding hydrogens is 392 g/mol. The third-order valence-electron chi connectivity index (χ3n) is 4.48. The van der Waals surface area contributed by atoms with Gasteiger partial charge in [0.05, 0.1) is 5.25 Å². The lowest BCUT2D eigenvalue weighted by molar-refractivity contribution is -0.120. The minimum atomic E-state index is -0.304. The van der Waals surface area contributed by atoms with Crippen molar-refractivity contribution in [1.29, 1.82) is 0 Å². The fraction of sp³-hybridized carbons (Fsp3) is 0.286. The molecule has 3 rings (SSSR count). The van der Waals surface area contributed by atoms with Gasteiger partial charge in [0.2, 0.25) is 5.91 Å². The average molecular weight is 415 g/mol. The van der Waals surface area contributed by atoms with Gasteiger partial charge in [-0.3, -0.25) is 4.79 Å². The average Bonchev–Trinajstić information content (AvgIpc) is 3.09. The molecule has 28 heavy (non-hydrogen) atoms. The van der Waals surface area contributed by atoms with Crippen LogP contribution in [-0.2, 0) is 17.9 Å². The molecule has 0 aliphatic rings. The van der Waals surface area contributed by atoms with Gasteiger partial charge < -0.3 is 9.88 Å². The van der Waals surface area contributed by atoms with E-state index in [1.807, 2.05) is 54.0 Å². The molecule has 0 saturated heterocycles. The molecule has 7 heteroatoms. The SMILES string of the molecule is CCn1c(SC(C)C(=O)NCc2ccccc2Cl)nnc1-c1ccccc1C.